The first-order chi connectivity index (χ1) is 13.8. The molecule has 162 valence electrons. The molecule has 2 aliphatic heterocycles. The Balaban J connectivity index is 1.35. The number of fused-ring (bicyclic) bond motifs is 6. The molecule has 29 heavy (non-hydrogen) atoms. The van der Waals surface area contributed by atoms with Crippen molar-refractivity contribution in [1.29, 1.82) is 0 Å². The highest BCUT2D eigenvalue weighted by molar-refractivity contribution is 5.89. The Morgan fingerprint density at radius 1 is 0.828 bits per heavy atom. The molecular formula is C23H34O6. The Kier molecular flexibility index (Phi) is 3.85. The summed E-state index contributed by atoms with van der Waals surface area (Å²) >= 11 is 0. The highest BCUT2D eigenvalue weighted by Gasteiger charge is 2.72. The predicted octanol–water partition coefficient (Wildman–Crippen LogP) is 2.81. The molecule has 6 nitrogen and oxygen atoms in total. The summed E-state index contributed by atoms with van der Waals surface area (Å²) < 4.78 is 24.2. The van der Waals surface area contributed by atoms with Gasteiger partial charge in [0.2, 0.25) is 0 Å². The largest absolute Gasteiger partial charge is 0.381 e. The molecule has 6 aliphatic rings. The minimum Gasteiger partial charge on any atom is -0.381 e. The molecule has 6 rings (SSSR count). The van der Waals surface area contributed by atoms with Crippen molar-refractivity contribution in [2.45, 2.75) is 82.4 Å². The number of aliphatic hydroxyl groups is 1. The fourth-order valence-electron chi connectivity index (χ4n) is 8.62. The fraction of sp³-hybridized carbons (Fsp3) is 0.957. The quantitative estimate of drug-likeness (QED) is 0.667. The van der Waals surface area contributed by atoms with Crippen LogP contribution in [0.3, 0.4) is 0 Å². The molecule has 0 bridgehead atoms. The second-order valence-electron chi connectivity index (χ2n) is 11.0. The molecule has 0 aromatic rings. The van der Waals surface area contributed by atoms with Crippen LogP contribution in [0.25, 0.3) is 0 Å². The number of carbonyl (C=O) groups excluding carboxylic acids is 1. The van der Waals surface area contributed by atoms with Gasteiger partial charge in [0.15, 0.2) is 17.4 Å². The molecule has 1 N–H and O–H groups in total. The third kappa shape index (κ3) is 2.18. The molecule has 0 aromatic heterocycles. The van der Waals surface area contributed by atoms with Gasteiger partial charge in [0, 0.05) is 36.5 Å². The number of hydrogen-bond donors (Lipinski definition) is 1. The van der Waals surface area contributed by atoms with E-state index in [0.717, 1.165) is 38.5 Å². The maximum absolute atomic E-state index is 13.5. The summed E-state index contributed by atoms with van der Waals surface area (Å²) in [5, 5.41) is 11.8. The van der Waals surface area contributed by atoms with Crippen LogP contribution in [0.2, 0.25) is 0 Å². The normalized spacial score (nSPS) is 52.5. The number of hydrogen-bond acceptors (Lipinski definition) is 6. The van der Waals surface area contributed by atoms with Crippen LogP contribution in [0.4, 0.5) is 0 Å². The van der Waals surface area contributed by atoms with Crippen molar-refractivity contribution < 1.29 is 28.8 Å². The van der Waals surface area contributed by atoms with Crippen molar-refractivity contribution in [2.75, 3.05) is 26.4 Å². The van der Waals surface area contributed by atoms with Gasteiger partial charge in [-0.25, -0.2) is 0 Å². The molecule has 6 fully saturated rings. The van der Waals surface area contributed by atoms with Crippen molar-refractivity contribution in [3.63, 3.8) is 0 Å². The summed E-state index contributed by atoms with van der Waals surface area (Å²) in [6.45, 7) is 6.95. The summed E-state index contributed by atoms with van der Waals surface area (Å²) in [6, 6.07) is 0. The molecule has 2 saturated heterocycles. The van der Waals surface area contributed by atoms with E-state index in [9.17, 15) is 9.90 Å². The predicted molar refractivity (Wildman–Crippen MR) is 103 cm³/mol. The van der Waals surface area contributed by atoms with Crippen LogP contribution in [-0.4, -0.2) is 54.5 Å². The average molecular weight is 407 g/mol. The van der Waals surface area contributed by atoms with Crippen molar-refractivity contribution in [2.24, 2.45) is 28.6 Å². The van der Waals surface area contributed by atoms with Gasteiger partial charge >= 0.3 is 0 Å². The molecule has 3 unspecified atom stereocenters. The standard InChI is InChI=1S/C23H34O6/c1-19-7-8-21(26-9-10-27-21)14-22(19,25)18(24)13-15-16(19)3-5-20(2)17(15)4-6-23(20)28-11-12-29-23/h15-17,25H,3-14H2,1-2H3/t15?,16?,17?,19-,20+,22+/m1/s1. The van der Waals surface area contributed by atoms with E-state index in [-0.39, 0.29) is 17.6 Å². The molecule has 0 radical (unpaired) electrons. The maximum atomic E-state index is 13.5. The smallest absolute Gasteiger partial charge is 0.174 e. The lowest BCUT2D eigenvalue weighted by Gasteiger charge is -2.64. The zero-order valence-corrected chi connectivity index (χ0v) is 17.7. The molecular weight excluding hydrogens is 372 g/mol. The molecule has 6 atom stereocenters. The SMILES string of the molecule is C[C@]12CCC3C(CC(=O)[C@@]4(O)CC5(CC[C@]34C)OCCO5)C1CCC21OCCO1. The topological polar surface area (TPSA) is 74.2 Å². The molecule has 0 aromatic carbocycles. The number of rotatable bonds is 0. The van der Waals surface area contributed by atoms with Gasteiger partial charge in [-0.3, -0.25) is 4.79 Å². The summed E-state index contributed by atoms with van der Waals surface area (Å²) in [4.78, 5) is 13.5. The van der Waals surface area contributed by atoms with Crippen LogP contribution in [0.5, 0.6) is 0 Å². The first-order valence-corrected chi connectivity index (χ1v) is 11.6. The van der Waals surface area contributed by atoms with Crippen LogP contribution in [0.1, 0.15) is 65.2 Å². The Morgan fingerprint density at radius 2 is 1.45 bits per heavy atom. The second-order valence-corrected chi connectivity index (χ2v) is 11.0. The minimum absolute atomic E-state index is 0.00196. The van der Waals surface area contributed by atoms with E-state index in [2.05, 4.69) is 13.8 Å². The zero-order valence-electron chi connectivity index (χ0n) is 17.7. The van der Waals surface area contributed by atoms with Crippen LogP contribution in [0, 0.1) is 28.6 Å². The van der Waals surface area contributed by atoms with Gasteiger partial charge in [-0.1, -0.05) is 13.8 Å². The van der Waals surface area contributed by atoms with Crippen LogP contribution in [0.15, 0.2) is 0 Å². The summed E-state index contributed by atoms with van der Waals surface area (Å²) in [5.41, 5.74) is -1.80. The van der Waals surface area contributed by atoms with Gasteiger partial charge in [-0.2, -0.15) is 0 Å². The average Bonchev–Trinajstić information content (AvgIpc) is 3.40. The number of carbonyl (C=O) groups is 1. The van der Waals surface area contributed by atoms with Crippen molar-refractivity contribution in [3.05, 3.63) is 0 Å². The van der Waals surface area contributed by atoms with Crippen LogP contribution < -0.4 is 0 Å². The third-order valence-corrected chi connectivity index (χ3v) is 10.2. The molecule has 4 aliphatic carbocycles. The zero-order chi connectivity index (χ0) is 20.1. The van der Waals surface area contributed by atoms with Gasteiger partial charge in [0.1, 0.15) is 5.60 Å². The third-order valence-electron chi connectivity index (χ3n) is 10.2. The van der Waals surface area contributed by atoms with Gasteiger partial charge < -0.3 is 24.1 Å². The van der Waals surface area contributed by atoms with Crippen LogP contribution in [-0.2, 0) is 23.7 Å². The van der Waals surface area contributed by atoms with E-state index >= 15 is 0 Å². The molecule has 6 heteroatoms. The summed E-state index contributed by atoms with van der Waals surface area (Å²) in [7, 11) is 0. The van der Waals surface area contributed by atoms with Gasteiger partial charge in [0.05, 0.1) is 26.4 Å². The minimum atomic E-state index is -1.35. The molecule has 2 heterocycles. The number of ether oxygens (including phenoxy) is 4. The lowest BCUT2D eigenvalue weighted by atomic mass is 9.43. The monoisotopic (exact) mass is 406 g/mol. The van der Waals surface area contributed by atoms with E-state index in [0.29, 0.717) is 50.6 Å². The molecule has 4 saturated carbocycles. The summed E-state index contributed by atoms with van der Waals surface area (Å²) in [6.07, 6.45) is 6.33. The van der Waals surface area contributed by atoms with E-state index in [1.807, 2.05) is 0 Å². The van der Waals surface area contributed by atoms with Gasteiger partial charge in [-0.15, -0.1) is 0 Å². The van der Waals surface area contributed by atoms with E-state index in [1.54, 1.807) is 0 Å². The van der Waals surface area contributed by atoms with Crippen molar-refractivity contribution >= 4 is 5.78 Å². The molecule has 0 amide bonds. The van der Waals surface area contributed by atoms with Gasteiger partial charge in [0.25, 0.3) is 0 Å². The maximum Gasteiger partial charge on any atom is 0.174 e. The first-order valence-electron chi connectivity index (χ1n) is 11.6. The highest BCUT2D eigenvalue weighted by atomic mass is 16.7. The second kappa shape index (κ2) is 5.83. The lowest BCUT2D eigenvalue weighted by Crippen LogP contribution is -2.69. The first kappa shape index (κ1) is 19.2. The van der Waals surface area contributed by atoms with Crippen molar-refractivity contribution in [3.8, 4) is 0 Å². The summed E-state index contributed by atoms with van der Waals surface area (Å²) in [5.74, 6) is -0.153. The van der Waals surface area contributed by atoms with Crippen molar-refractivity contribution in [1.82, 2.24) is 0 Å². The van der Waals surface area contributed by atoms with Crippen LogP contribution >= 0.6 is 0 Å². The van der Waals surface area contributed by atoms with E-state index in [4.69, 9.17) is 18.9 Å². The Hall–Kier alpha value is -0.530. The fourth-order valence-corrected chi connectivity index (χ4v) is 8.62. The Bertz CT molecular complexity index is 725. The highest BCUT2D eigenvalue weighted by Crippen LogP contribution is 2.70. The Morgan fingerprint density at radius 3 is 2.17 bits per heavy atom. The van der Waals surface area contributed by atoms with E-state index < -0.39 is 22.6 Å². The Labute approximate surface area is 172 Å². The van der Waals surface area contributed by atoms with Gasteiger partial charge in [-0.05, 0) is 43.4 Å². The number of ketones is 1. The number of Topliss-reactive ketones (excluding diaryl/α,β-unsaturated/α-hetero) is 1. The lowest BCUT2D eigenvalue weighted by molar-refractivity contribution is -0.281. The molecule has 2 spiro atoms. The van der Waals surface area contributed by atoms with E-state index in [1.165, 1.54) is 0 Å².